The van der Waals surface area contributed by atoms with E-state index in [0.29, 0.717) is 11.1 Å². The minimum absolute atomic E-state index is 0.0113. The minimum Gasteiger partial charge on any atom is -0.508 e. The highest BCUT2D eigenvalue weighted by Gasteiger charge is 2.19. The van der Waals surface area contributed by atoms with E-state index >= 15 is 0 Å². The summed E-state index contributed by atoms with van der Waals surface area (Å²) < 4.78 is 0. The number of hydrogen-bond donors (Lipinski definition) is 2. The van der Waals surface area contributed by atoms with Gasteiger partial charge in [-0.2, -0.15) is 0 Å². The molecule has 0 aliphatic heterocycles. The van der Waals surface area contributed by atoms with Crippen molar-refractivity contribution < 1.29 is 15.0 Å². The van der Waals surface area contributed by atoms with Crippen LogP contribution >= 0.6 is 0 Å². The molecule has 0 heterocycles. The van der Waals surface area contributed by atoms with Crippen molar-refractivity contribution in [1.29, 1.82) is 0 Å². The molecule has 1 unspecified atom stereocenters. The molecule has 0 bridgehead atoms. The van der Waals surface area contributed by atoms with Crippen molar-refractivity contribution in [1.82, 2.24) is 0 Å². The number of hydrogen-bond acceptors (Lipinski definition) is 3. The minimum atomic E-state index is -0.104. The number of aromatic hydroxyl groups is 2. The molecular formula is C13H18O3. The summed E-state index contributed by atoms with van der Waals surface area (Å²) in [5, 5.41) is 19.2. The average Bonchev–Trinajstić information content (AvgIpc) is 2.26. The molecule has 0 amide bonds. The Morgan fingerprint density at radius 1 is 1.38 bits per heavy atom. The maximum atomic E-state index is 12.0. The van der Waals surface area contributed by atoms with Crippen LogP contribution < -0.4 is 0 Å². The van der Waals surface area contributed by atoms with Crippen molar-refractivity contribution >= 4 is 5.78 Å². The summed E-state index contributed by atoms with van der Waals surface area (Å²) in [4.78, 5) is 12.0. The number of rotatable bonds is 4. The van der Waals surface area contributed by atoms with Gasteiger partial charge in [-0.05, 0) is 25.5 Å². The Bertz CT molecular complexity index is 396. The number of carbonyl (C=O) groups excluding carboxylic acids is 1. The van der Waals surface area contributed by atoms with Gasteiger partial charge in [0.2, 0.25) is 0 Å². The number of benzene rings is 1. The van der Waals surface area contributed by atoms with Crippen molar-refractivity contribution in [3.63, 3.8) is 0 Å². The number of phenols is 2. The molecule has 1 aromatic carbocycles. The van der Waals surface area contributed by atoms with Crippen LogP contribution in [0.2, 0.25) is 0 Å². The molecule has 0 saturated carbocycles. The fourth-order valence-corrected chi connectivity index (χ4v) is 1.72. The lowest BCUT2D eigenvalue weighted by atomic mass is 9.93. The summed E-state index contributed by atoms with van der Waals surface area (Å²) in [7, 11) is 0. The molecule has 3 heteroatoms. The van der Waals surface area contributed by atoms with Crippen LogP contribution in [0.1, 0.15) is 42.6 Å². The topological polar surface area (TPSA) is 57.5 Å². The first-order chi connectivity index (χ1) is 7.49. The third-order valence-corrected chi connectivity index (χ3v) is 2.84. The first kappa shape index (κ1) is 12.6. The zero-order valence-electron chi connectivity index (χ0n) is 9.95. The first-order valence-corrected chi connectivity index (χ1v) is 5.54. The lowest BCUT2D eigenvalue weighted by Gasteiger charge is -2.12. The van der Waals surface area contributed by atoms with E-state index in [2.05, 4.69) is 0 Å². The van der Waals surface area contributed by atoms with Crippen LogP contribution in [0.4, 0.5) is 0 Å². The van der Waals surface area contributed by atoms with Crippen molar-refractivity contribution in [2.24, 2.45) is 5.92 Å². The van der Waals surface area contributed by atoms with Gasteiger partial charge in [0.25, 0.3) is 0 Å². The average molecular weight is 222 g/mol. The number of Topliss-reactive ketones (excluding diaryl/α,β-unsaturated/α-hetero) is 1. The Morgan fingerprint density at radius 3 is 2.56 bits per heavy atom. The predicted molar refractivity (Wildman–Crippen MR) is 62.9 cm³/mol. The molecular weight excluding hydrogens is 204 g/mol. The van der Waals surface area contributed by atoms with Gasteiger partial charge in [0.1, 0.15) is 11.5 Å². The molecule has 0 spiro atoms. The summed E-state index contributed by atoms with van der Waals surface area (Å²) in [6.07, 6.45) is 1.74. The van der Waals surface area contributed by atoms with Crippen LogP contribution in [0.5, 0.6) is 11.5 Å². The van der Waals surface area contributed by atoms with Crippen LogP contribution in [0.15, 0.2) is 12.1 Å². The first-order valence-electron chi connectivity index (χ1n) is 5.54. The maximum Gasteiger partial charge on any atom is 0.169 e. The second-order valence-corrected chi connectivity index (χ2v) is 4.16. The number of carbonyl (C=O) groups is 1. The molecule has 0 saturated heterocycles. The van der Waals surface area contributed by atoms with E-state index in [1.807, 2.05) is 13.8 Å². The zero-order valence-corrected chi connectivity index (χ0v) is 9.95. The van der Waals surface area contributed by atoms with Gasteiger partial charge in [-0.1, -0.05) is 20.3 Å². The predicted octanol–water partition coefficient (Wildman–Crippen LogP) is 3.03. The van der Waals surface area contributed by atoms with Gasteiger partial charge < -0.3 is 10.2 Å². The van der Waals surface area contributed by atoms with E-state index in [0.717, 1.165) is 12.8 Å². The third kappa shape index (κ3) is 2.35. The lowest BCUT2D eigenvalue weighted by molar-refractivity contribution is 0.0920. The second kappa shape index (κ2) is 5.01. The van der Waals surface area contributed by atoms with Gasteiger partial charge in [-0.15, -0.1) is 0 Å². The van der Waals surface area contributed by atoms with E-state index < -0.39 is 0 Å². The normalized spacial score (nSPS) is 12.4. The van der Waals surface area contributed by atoms with E-state index in [4.69, 9.17) is 0 Å². The standard InChI is InChI=1S/C13H18O3/c1-4-5-8(2)12(15)10-6-7-11(14)9(3)13(10)16/h6-8,14,16H,4-5H2,1-3H3. The smallest absolute Gasteiger partial charge is 0.169 e. The fraction of sp³-hybridized carbons (Fsp3) is 0.462. The molecule has 0 fully saturated rings. The molecule has 1 rings (SSSR count). The summed E-state index contributed by atoms with van der Waals surface area (Å²) in [5.74, 6) is -0.257. The Hall–Kier alpha value is -1.51. The maximum absolute atomic E-state index is 12.0. The molecule has 16 heavy (non-hydrogen) atoms. The number of phenolic OH excluding ortho intramolecular Hbond substituents is 2. The summed E-state index contributed by atoms with van der Waals surface area (Å²) in [6.45, 7) is 5.46. The Balaban J connectivity index is 3.05. The van der Waals surface area contributed by atoms with E-state index in [1.54, 1.807) is 6.92 Å². The largest absolute Gasteiger partial charge is 0.508 e. The SMILES string of the molecule is CCCC(C)C(=O)c1ccc(O)c(C)c1O. The van der Waals surface area contributed by atoms with Gasteiger partial charge >= 0.3 is 0 Å². The van der Waals surface area contributed by atoms with Gasteiger partial charge in [-0.25, -0.2) is 0 Å². The molecule has 0 aromatic heterocycles. The number of ketones is 1. The molecule has 2 N–H and O–H groups in total. The Labute approximate surface area is 95.7 Å². The summed E-state index contributed by atoms with van der Waals surface area (Å²) >= 11 is 0. The van der Waals surface area contributed by atoms with E-state index in [-0.39, 0.29) is 23.2 Å². The van der Waals surface area contributed by atoms with Gasteiger partial charge in [0.15, 0.2) is 5.78 Å². The zero-order chi connectivity index (χ0) is 12.3. The molecule has 0 aliphatic rings. The van der Waals surface area contributed by atoms with E-state index in [1.165, 1.54) is 12.1 Å². The highest BCUT2D eigenvalue weighted by molar-refractivity contribution is 6.00. The van der Waals surface area contributed by atoms with Gasteiger partial charge in [0.05, 0.1) is 5.56 Å². The van der Waals surface area contributed by atoms with Crippen LogP contribution in [-0.2, 0) is 0 Å². The highest BCUT2D eigenvalue weighted by Crippen LogP contribution is 2.31. The lowest BCUT2D eigenvalue weighted by Crippen LogP contribution is -2.11. The summed E-state index contributed by atoms with van der Waals surface area (Å²) in [5.41, 5.74) is 0.658. The second-order valence-electron chi connectivity index (χ2n) is 4.16. The Kier molecular flexibility index (Phi) is 3.93. The molecule has 0 aliphatic carbocycles. The van der Waals surface area contributed by atoms with Crippen molar-refractivity contribution in [3.8, 4) is 11.5 Å². The fourth-order valence-electron chi connectivity index (χ4n) is 1.72. The van der Waals surface area contributed by atoms with Crippen molar-refractivity contribution in [2.75, 3.05) is 0 Å². The van der Waals surface area contributed by atoms with Crippen LogP contribution in [-0.4, -0.2) is 16.0 Å². The molecule has 1 atom stereocenters. The molecule has 88 valence electrons. The monoisotopic (exact) mass is 222 g/mol. The molecule has 0 radical (unpaired) electrons. The van der Waals surface area contributed by atoms with Crippen LogP contribution in [0, 0.1) is 12.8 Å². The van der Waals surface area contributed by atoms with Crippen LogP contribution in [0.25, 0.3) is 0 Å². The van der Waals surface area contributed by atoms with Crippen molar-refractivity contribution in [2.45, 2.75) is 33.6 Å². The quantitative estimate of drug-likeness (QED) is 0.770. The van der Waals surface area contributed by atoms with Gasteiger partial charge in [-0.3, -0.25) is 4.79 Å². The highest BCUT2D eigenvalue weighted by atomic mass is 16.3. The molecule has 3 nitrogen and oxygen atoms in total. The van der Waals surface area contributed by atoms with Crippen LogP contribution in [0.3, 0.4) is 0 Å². The third-order valence-electron chi connectivity index (χ3n) is 2.84. The summed E-state index contributed by atoms with van der Waals surface area (Å²) in [6, 6.07) is 2.92. The van der Waals surface area contributed by atoms with Crippen molar-refractivity contribution in [3.05, 3.63) is 23.3 Å². The molecule has 1 aromatic rings. The van der Waals surface area contributed by atoms with Gasteiger partial charge in [0, 0.05) is 11.5 Å². The Morgan fingerprint density at radius 2 is 2.00 bits per heavy atom. The van der Waals surface area contributed by atoms with E-state index in [9.17, 15) is 15.0 Å².